The highest BCUT2D eigenvalue weighted by atomic mass is 19.1. The number of aromatic nitrogens is 2. The van der Waals surface area contributed by atoms with Crippen molar-refractivity contribution in [2.24, 2.45) is 0 Å². The lowest BCUT2D eigenvalue weighted by atomic mass is 10.2. The zero-order valence-corrected chi connectivity index (χ0v) is 14.4. The third-order valence-electron chi connectivity index (χ3n) is 4.34. The van der Waals surface area contributed by atoms with Crippen LogP contribution in [0.1, 0.15) is 24.5 Å². The highest BCUT2D eigenvalue weighted by molar-refractivity contribution is 5.74. The van der Waals surface area contributed by atoms with Crippen LogP contribution in [0.25, 0.3) is 0 Å². The zero-order valence-electron chi connectivity index (χ0n) is 14.4. The molecule has 7 heteroatoms. The van der Waals surface area contributed by atoms with Crippen molar-refractivity contribution in [1.29, 1.82) is 0 Å². The second-order valence-electron chi connectivity index (χ2n) is 6.32. The van der Waals surface area contributed by atoms with Gasteiger partial charge in [0.25, 0.3) is 0 Å². The number of amides is 2. The number of hydrogen-bond donors (Lipinski definition) is 2. The maximum Gasteiger partial charge on any atom is 0.317 e. The summed E-state index contributed by atoms with van der Waals surface area (Å²) < 4.78 is 14.8. The average Bonchev–Trinajstić information content (AvgIpc) is 3.25. The van der Waals surface area contributed by atoms with Gasteiger partial charge in [-0.3, -0.25) is 4.68 Å². The summed E-state index contributed by atoms with van der Waals surface area (Å²) in [7, 11) is 0. The van der Waals surface area contributed by atoms with Gasteiger partial charge in [-0.2, -0.15) is 5.10 Å². The Kier molecular flexibility index (Phi) is 5.65. The minimum Gasteiger partial charge on any atom is -0.338 e. The molecule has 134 valence electrons. The molecule has 1 aliphatic rings. The zero-order chi connectivity index (χ0) is 17.6. The number of halogens is 1. The molecule has 2 amide bonds. The minimum atomic E-state index is -0.229. The van der Waals surface area contributed by atoms with Gasteiger partial charge in [-0.1, -0.05) is 12.1 Å². The largest absolute Gasteiger partial charge is 0.338 e. The van der Waals surface area contributed by atoms with Crippen molar-refractivity contribution in [2.45, 2.75) is 32.5 Å². The van der Waals surface area contributed by atoms with E-state index in [0.29, 0.717) is 19.1 Å². The summed E-state index contributed by atoms with van der Waals surface area (Å²) in [5, 5.41) is 10.7. The molecular weight excluding hydrogens is 321 g/mol. The van der Waals surface area contributed by atoms with Crippen LogP contribution in [0.4, 0.5) is 9.18 Å². The van der Waals surface area contributed by atoms with Gasteiger partial charge in [0.05, 0.1) is 12.7 Å². The molecule has 0 saturated carbocycles. The number of carbonyl (C=O) groups excluding carboxylic acids is 1. The highest BCUT2D eigenvalue weighted by Gasteiger charge is 2.25. The minimum absolute atomic E-state index is 0.0129. The number of likely N-dealkylation sites (tertiary alicyclic amines) is 1. The van der Waals surface area contributed by atoms with Crippen LogP contribution in [0.5, 0.6) is 0 Å². The second-order valence-corrected chi connectivity index (χ2v) is 6.32. The van der Waals surface area contributed by atoms with Crippen molar-refractivity contribution < 1.29 is 9.18 Å². The van der Waals surface area contributed by atoms with Crippen molar-refractivity contribution >= 4 is 6.03 Å². The number of hydrogen-bond acceptors (Lipinski definition) is 3. The lowest BCUT2D eigenvalue weighted by Crippen LogP contribution is -2.40. The summed E-state index contributed by atoms with van der Waals surface area (Å²) in [5.41, 5.74) is 2.11. The van der Waals surface area contributed by atoms with E-state index in [-0.39, 0.29) is 11.8 Å². The van der Waals surface area contributed by atoms with Gasteiger partial charge in [0.15, 0.2) is 0 Å². The molecule has 1 aliphatic heterocycles. The fourth-order valence-electron chi connectivity index (χ4n) is 3.00. The van der Waals surface area contributed by atoms with Gasteiger partial charge in [0, 0.05) is 44.0 Å². The molecule has 1 aromatic heterocycles. The summed E-state index contributed by atoms with van der Waals surface area (Å²) >= 11 is 0. The molecule has 1 fully saturated rings. The maximum atomic E-state index is 12.9. The lowest BCUT2D eigenvalue weighted by molar-refractivity contribution is 0.208. The molecule has 3 rings (SSSR count). The second kappa shape index (κ2) is 8.11. The summed E-state index contributed by atoms with van der Waals surface area (Å²) in [4.78, 5) is 13.7. The maximum absolute atomic E-state index is 12.9. The van der Waals surface area contributed by atoms with E-state index < -0.39 is 0 Å². The summed E-state index contributed by atoms with van der Waals surface area (Å²) in [5.74, 6) is -0.229. The highest BCUT2D eigenvalue weighted by Crippen LogP contribution is 2.11. The fraction of sp³-hybridized carbons (Fsp3) is 0.444. The van der Waals surface area contributed by atoms with E-state index in [9.17, 15) is 9.18 Å². The molecule has 2 heterocycles. The molecule has 6 nitrogen and oxygen atoms in total. The van der Waals surface area contributed by atoms with Crippen molar-refractivity contribution in [3.05, 3.63) is 53.6 Å². The molecule has 1 saturated heterocycles. The molecule has 1 aromatic carbocycles. The van der Waals surface area contributed by atoms with E-state index in [4.69, 9.17) is 0 Å². The van der Waals surface area contributed by atoms with Crippen LogP contribution < -0.4 is 10.6 Å². The number of carbonyl (C=O) groups is 1. The molecular formula is C18H24FN5O. The van der Waals surface area contributed by atoms with Gasteiger partial charge in [-0.05, 0) is 31.0 Å². The van der Waals surface area contributed by atoms with Gasteiger partial charge in [0.2, 0.25) is 0 Å². The Morgan fingerprint density at radius 2 is 2.12 bits per heavy atom. The standard InChI is InChI=1S/C18H24FN5O/c1-2-20-18(25)23-8-7-17(13-23)21-9-15-10-22-24(12-15)11-14-3-5-16(19)6-4-14/h3-6,10,12,17,21H,2,7-9,11,13H2,1H3,(H,20,25). The van der Waals surface area contributed by atoms with E-state index in [1.165, 1.54) is 12.1 Å². The number of benzene rings is 1. The van der Waals surface area contributed by atoms with Crippen LogP contribution in [0.15, 0.2) is 36.7 Å². The first-order chi connectivity index (χ1) is 12.1. The van der Waals surface area contributed by atoms with Gasteiger partial charge in [0.1, 0.15) is 5.82 Å². The van der Waals surface area contributed by atoms with E-state index in [0.717, 1.165) is 37.2 Å². The Balaban J connectivity index is 1.46. The number of urea groups is 1. The van der Waals surface area contributed by atoms with Gasteiger partial charge >= 0.3 is 6.03 Å². The Morgan fingerprint density at radius 1 is 1.32 bits per heavy atom. The van der Waals surface area contributed by atoms with Crippen LogP contribution in [0.3, 0.4) is 0 Å². The van der Waals surface area contributed by atoms with E-state index >= 15 is 0 Å². The number of nitrogens with one attached hydrogen (secondary N) is 2. The van der Waals surface area contributed by atoms with Crippen LogP contribution in [-0.2, 0) is 13.1 Å². The molecule has 1 atom stereocenters. The Morgan fingerprint density at radius 3 is 2.88 bits per heavy atom. The summed E-state index contributed by atoms with van der Waals surface area (Å²) in [6, 6.07) is 6.78. The molecule has 0 radical (unpaired) electrons. The first-order valence-corrected chi connectivity index (χ1v) is 8.66. The monoisotopic (exact) mass is 345 g/mol. The Hall–Kier alpha value is -2.41. The molecule has 1 unspecified atom stereocenters. The smallest absolute Gasteiger partial charge is 0.317 e. The SMILES string of the molecule is CCNC(=O)N1CCC(NCc2cnn(Cc3ccc(F)cc3)c2)C1. The van der Waals surface area contributed by atoms with Gasteiger partial charge in [-0.15, -0.1) is 0 Å². The molecule has 25 heavy (non-hydrogen) atoms. The van der Waals surface area contributed by atoms with E-state index in [1.807, 2.05) is 28.9 Å². The third kappa shape index (κ3) is 4.79. The van der Waals surface area contributed by atoms with E-state index in [2.05, 4.69) is 15.7 Å². The summed E-state index contributed by atoms with van der Waals surface area (Å²) in [6.07, 6.45) is 4.79. The molecule has 2 N–H and O–H groups in total. The van der Waals surface area contributed by atoms with Crippen LogP contribution in [0, 0.1) is 5.82 Å². The van der Waals surface area contributed by atoms with Crippen molar-refractivity contribution in [3.63, 3.8) is 0 Å². The van der Waals surface area contributed by atoms with E-state index in [1.54, 1.807) is 12.1 Å². The fourth-order valence-corrected chi connectivity index (χ4v) is 3.00. The molecule has 0 aliphatic carbocycles. The Bertz CT molecular complexity index is 700. The van der Waals surface area contributed by atoms with Crippen LogP contribution in [0.2, 0.25) is 0 Å². The summed E-state index contributed by atoms with van der Waals surface area (Å²) in [6.45, 7) is 5.43. The van der Waals surface area contributed by atoms with Gasteiger partial charge < -0.3 is 15.5 Å². The number of rotatable bonds is 6. The predicted molar refractivity (Wildman–Crippen MR) is 93.6 cm³/mol. The predicted octanol–water partition coefficient (Wildman–Crippen LogP) is 1.96. The first kappa shape index (κ1) is 17.4. The average molecular weight is 345 g/mol. The quantitative estimate of drug-likeness (QED) is 0.841. The topological polar surface area (TPSA) is 62.2 Å². The lowest BCUT2D eigenvalue weighted by Gasteiger charge is -2.17. The third-order valence-corrected chi connectivity index (χ3v) is 4.34. The van der Waals surface area contributed by atoms with Crippen molar-refractivity contribution in [2.75, 3.05) is 19.6 Å². The van der Waals surface area contributed by atoms with Crippen molar-refractivity contribution in [3.8, 4) is 0 Å². The number of nitrogens with zero attached hydrogens (tertiary/aromatic N) is 3. The molecule has 2 aromatic rings. The molecule has 0 spiro atoms. The van der Waals surface area contributed by atoms with Crippen LogP contribution in [-0.4, -0.2) is 46.4 Å². The van der Waals surface area contributed by atoms with Gasteiger partial charge in [-0.25, -0.2) is 9.18 Å². The molecule has 0 bridgehead atoms. The normalized spacial score (nSPS) is 17.0. The first-order valence-electron chi connectivity index (χ1n) is 8.66. The van der Waals surface area contributed by atoms with Crippen molar-refractivity contribution in [1.82, 2.24) is 25.3 Å². The Labute approximate surface area is 147 Å². The van der Waals surface area contributed by atoms with Crippen LogP contribution >= 0.6 is 0 Å².